The zero-order chi connectivity index (χ0) is 24.5. The van der Waals surface area contributed by atoms with Crippen molar-refractivity contribution >= 4 is 43.5 Å². The van der Waals surface area contributed by atoms with Crippen molar-refractivity contribution < 1.29 is 24.5 Å². The first-order valence-electron chi connectivity index (χ1n) is 11.6. The summed E-state index contributed by atoms with van der Waals surface area (Å²) in [5, 5.41) is 5.35. The molecule has 37 heavy (non-hydrogen) atoms. The van der Waals surface area contributed by atoms with E-state index in [4.69, 9.17) is 4.42 Å². The van der Waals surface area contributed by atoms with Crippen molar-refractivity contribution in [3.05, 3.63) is 114 Å². The minimum Gasteiger partial charge on any atom is -0.486 e. The van der Waals surface area contributed by atoms with Gasteiger partial charge in [0.05, 0.1) is 5.58 Å². The van der Waals surface area contributed by atoms with Crippen molar-refractivity contribution in [3.63, 3.8) is 0 Å². The molecule has 7 aromatic rings. The first kappa shape index (κ1) is 25.0. The minimum absolute atomic E-state index is 0. The molecule has 5 heterocycles. The van der Waals surface area contributed by atoms with Crippen LogP contribution in [-0.4, -0.2) is 15.0 Å². The molecule has 4 nitrogen and oxygen atoms in total. The van der Waals surface area contributed by atoms with Crippen molar-refractivity contribution in [1.82, 2.24) is 15.0 Å². The SMILES string of the molecule is Cc1ccc(-c2[c-]cccc2)nc1.Cc1ccc2c(n1)oc1c(-c3nccc4ccsc34)[c-]ccc12.[Ir]. The van der Waals surface area contributed by atoms with Crippen LogP contribution in [0.1, 0.15) is 11.3 Å². The number of aryl methyl sites for hydroxylation is 2. The summed E-state index contributed by atoms with van der Waals surface area (Å²) in [6, 6.07) is 30.5. The molecule has 0 bridgehead atoms. The smallest absolute Gasteiger partial charge is 0.216 e. The topological polar surface area (TPSA) is 51.8 Å². The number of thiophene rings is 1. The zero-order valence-electron chi connectivity index (χ0n) is 20.2. The predicted octanol–water partition coefficient (Wildman–Crippen LogP) is 8.22. The Balaban J connectivity index is 0.000000172. The Bertz CT molecular complexity index is 1810. The van der Waals surface area contributed by atoms with Crippen LogP contribution in [0.5, 0.6) is 0 Å². The van der Waals surface area contributed by atoms with Crippen LogP contribution in [-0.2, 0) is 20.1 Å². The number of hydrogen-bond acceptors (Lipinski definition) is 5. The summed E-state index contributed by atoms with van der Waals surface area (Å²) >= 11 is 1.69. The van der Waals surface area contributed by atoms with Gasteiger partial charge in [-0.3, -0.25) is 0 Å². The van der Waals surface area contributed by atoms with Crippen LogP contribution in [0.15, 0.2) is 95.0 Å². The summed E-state index contributed by atoms with van der Waals surface area (Å²) in [7, 11) is 0. The van der Waals surface area contributed by atoms with Crippen LogP contribution < -0.4 is 0 Å². The first-order chi connectivity index (χ1) is 17.7. The molecule has 183 valence electrons. The van der Waals surface area contributed by atoms with E-state index in [1.807, 2.05) is 80.8 Å². The average molecular weight is 676 g/mol. The Morgan fingerprint density at radius 2 is 1.76 bits per heavy atom. The molecule has 0 aliphatic heterocycles. The normalized spacial score (nSPS) is 10.8. The summed E-state index contributed by atoms with van der Waals surface area (Å²) in [6.45, 7) is 4.00. The molecule has 0 aliphatic carbocycles. The summed E-state index contributed by atoms with van der Waals surface area (Å²) in [6.07, 6.45) is 3.71. The van der Waals surface area contributed by atoms with Gasteiger partial charge in [0.25, 0.3) is 0 Å². The van der Waals surface area contributed by atoms with Crippen LogP contribution in [0.25, 0.3) is 54.7 Å². The van der Waals surface area contributed by atoms with Crippen LogP contribution in [0.4, 0.5) is 0 Å². The van der Waals surface area contributed by atoms with E-state index in [1.54, 1.807) is 11.3 Å². The third-order valence-corrected chi connectivity index (χ3v) is 6.88. The second kappa shape index (κ2) is 10.7. The first-order valence-corrected chi connectivity index (χ1v) is 12.5. The molecule has 0 unspecified atom stereocenters. The van der Waals surface area contributed by atoms with Crippen LogP contribution in [0, 0.1) is 26.0 Å². The molecule has 1 radical (unpaired) electrons. The van der Waals surface area contributed by atoms with Crippen molar-refractivity contribution in [2.45, 2.75) is 13.8 Å². The predicted molar refractivity (Wildman–Crippen MR) is 147 cm³/mol. The van der Waals surface area contributed by atoms with E-state index in [9.17, 15) is 0 Å². The average Bonchev–Trinajstić information content (AvgIpc) is 3.54. The molecule has 0 fully saturated rings. The van der Waals surface area contributed by atoms with Crippen molar-refractivity contribution in [2.24, 2.45) is 0 Å². The molecule has 0 amide bonds. The number of hydrogen-bond donors (Lipinski definition) is 0. The molecule has 2 aromatic carbocycles. The van der Waals surface area contributed by atoms with Crippen molar-refractivity contribution in [3.8, 4) is 22.5 Å². The van der Waals surface area contributed by atoms with Gasteiger partial charge in [0, 0.05) is 54.0 Å². The number of fused-ring (bicyclic) bond motifs is 4. The maximum Gasteiger partial charge on any atom is 0.216 e. The summed E-state index contributed by atoms with van der Waals surface area (Å²) in [4.78, 5) is 13.4. The minimum atomic E-state index is 0. The van der Waals surface area contributed by atoms with Gasteiger partial charge >= 0.3 is 0 Å². The van der Waals surface area contributed by atoms with Gasteiger partial charge in [0.1, 0.15) is 0 Å². The zero-order valence-corrected chi connectivity index (χ0v) is 23.4. The standard InChI is InChI=1S/C19H11N2OS.C12H10N.Ir/c1-11-5-6-14-13-3-2-4-15(17(13)22-19(14)21-11)16-18-12(7-9-20-16)8-10-23-18;1-10-7-8-12(13-9-10)11-5-3-2-4-6-11;/h2-3,5-10H,1H3;2-5,7-9H,1H3;/q2*-1;. The van der Waals surface area contributed by atoms with Crippen molar-refractivity contribution in [2.75, 3.05) is 0 Å². The summed E-state index contributed by atoms with van der Waals surface area (Å²) in [5.41, 5.74) is 7.42. The number of rotatable bonds is 2. The molecule has 5 aromatic heterocycles. The monoisotopic (exact) mass is 676 g/mol. The van der Waals surface area contributed by atoms with Gasteiger partial charge in [0.15, 0.2) is 0 Å². The molecule has 0 aliphatic rings. The number of nitrogens with zero attached hydrogens (tertiary/aromatic N) is 3. The van der Waals surface area contributed by atoms with Crippen LogP contribution >= 0.6 is 11.3 Å². The second-order valence-electron chi connectivity index (χ2n) is 8.50. The van der Waals surface area contributed by atoms with E-state index in [1.165, 1.54) is 10.9 Å². The molecule has 0 saturated carbocycles. The molecule has 0 atom stereocenters. The fourth-order valence-corrected chi connectivity index (χ4v) is 5.03. The van der Waals surface area contributed by atoms with Gasteiger partial charge in [-0.1, -0.05) is 23.1 Å². The van der Waals surface area contributed by atoms with Crippen molar-refractivity contribution in [1.29, 1.82) is 0 Å². The molecule has 0 spiro atoms. The van der Waals surface area contributed by atoms with E-state index < -0.39 is 0 Å². The van der Waals surface area contributed by atoms with E-state index >= 15 is 0 Å². The number of aromatic nitrogens is 3. The molecule has 6 heteroatoms. The number of pyridine rings is 3. The Morgan fingerprint density at radius 1 is 0.838 bits per heavy atom. The fraction of sp³-hybridized carbons (Fsp3) is 0.0645. The maximum absolute atomic E-state index is 6.07. The van der Waals surface area contributed by atoms with E-state index in [-0.39, 0.29) is 20.1 Å². The largest absolute Gasteiger partial charge is 0.486 e. The van der Waals surface area contributed by atoms with E-state index in [0.29, 0.717) is 5.71 Å². The van der Waals surface area contributed by atoms with E-state index in [2.05, 4.69) is 50.7 Å². The molecule has 7 rings (SSSR count). The molecule has 0 saturated heterocycles. The summed E-state index contributed by atoms with van der Waals surface area (Å²) < 4.78 is 7.22. The van der Waals surface area contributed by atoms with Gasteiger partial charge in [-0.25, -0.2) is 4.98 Å². The van der Waals surface area contributed by atoms with Gasteiger partial charge < -0.3 is 14.4 Å². The van der Waals surface area contributed by atoms with Gasteiger partial charge in [0.2, 0.25) is 5.71 Å². The Morgan fingerprint density at radius 3 is 2.57 bits per heavy atom. The van der Waals surface area contributed by atoms with E-state index in [0.717, 1.165) is 49.3 Å². The number of benzene rings is 2. The molecular weight excluding hydrogens is 655 g/mol. The Hall–Kier alpha value is -3.70. The molecular formula is C31H21IrN3OS-2. The summed E-state index contributed by atoms with van der Waals surface area (Å²) in [5.74, 6) is 0. The van der Waals surface area contributed by atoms with Crippen LogP contribution in [0.3, 0.4) is 0 Å². The van der Waals surface area contributed by atoms with Crippen LogP contribution in [0.2, 0.25) is 0 Å². The maximum atomic E-state index is 6.07. The third kappa shape index (κ3) is 4.96. The van der Waals surface area contributed by atoms with Gasteiger partial charge in [-0.2, -0.15) is 11.3 Å². The quantitative estimate of drug-likeness (QED) is 0.173. The van der Waals surface area contributed by atoms with Gasteiger partial charge in [-0.05, 0) is 60.1 Å². The van der Waals surface area contributed by atoms with Gasteiger partial charge in [-0.15, -0.1) is 54.1 Å². The third-order valence-electron chi connectivity index (χ3n) is 5.94. The fourth-order valence-electron chi connectivity index (χ4n) is 4.14. The molecule has 0 N–H and O–H groups in total. The Kier molecular flexibility index (Phi) is 7.24. The second-order valence-corrected chi connectivity index (χ2v) is 9.41. The Labute approximate surface area is 232 Å². The number of furan rings is 1.